The number of thiophene rings is 1. The molecule has 1 N–H and O–H groups in total. The molecule has 0 spiro atoms. The first kappa shape index (κ1) is 22.0. The van der Waals surface area contributed by atoms with E-state index in [1.807, 2.05) is 44.2 Å². The molecule has 160 valence electrons. The third-order valence-corrected chi connectivity index (χ3v) is 6.10. The Morgan fingerprint density at radius 2 is 1.73 bits per heavy atom. The summed E-state index contributed by atoms with van der Waals surface area (Å²) in [5.41, 5.74) is 2.48. The first-order valence-corrected chi connectivity index (χ1v) is 11.1. The van der Waals surface area contributed by atoms with Crippen LogP contribution in [0.1, 0.15) is 52.2 Å². The molecule has 0 bridgehead atoms. The summed E-state index contributed by atoms with van der Waals surface area (Å²) >= 11 is 1.56. The molecular formula is C23H28N2O4S. The predicted molar refractivity (Wildman–Crippen MR) is 119 cm³/mol. The van der Waals surface area contributed by atoms with Gasteiger partial charge in [-0.15, -0.1) is 11.3 Å². The molecule has 1 aromatic heterocycles. The van der Waals surface area contributed by atoms with Crippen LogP contribution in [0.2, 0.25) is 0 Å². The van der Waals surface area contributed by atoms with E-state index < -0.39 is 11.9 Å². The lowest BCUT2D eigenvalue weighted by Gasteiger charge is -2.28. The van der Waals surface area contributed by atoms with Crippen molar-refractivity contribution < 1.29 is 19.1 Å². The van der Waals surface area contributed by atoms with Gasteiger partial charge >= 0.3 is 5.97 Å². The lowest BCUT2D eigenvalue weighted by molar-refractivity contribution is -0.147. The zero-order chi connectivity index (χ0) is 21.5. The van der Waals surface area contributed by atoms with E-state index in [0.717, 1.165) is 28.5 Å². The molecule has 30 heavy (non-hydrogen) atoms. The molecule has 1 fully saturated rings. The second-order valence-corrected chi connectivity index (χ2v) is 9.01. The number of esters is 1. The third kappa shape index (κ3) is 6.16. The average Bonchev–Trinajstić information content (AvgIpc) is 3.09. The summed E-state index contributed by atoms with van der Waals surface area (Å²) in [5, 5.41) is 2.73. The normalized spacial score (nSPS) is 13.7. The second-order valence-electron chi connectivity index (χ2n) is 7.55. The van der Waals surface area contributed by atoms with E-state index in [-0.39, 0.29) is 25.2 Å². The number of carbonyl (C=O) groups excluding carboxylic acids is 3. The number of amides is 1. The molecular weight excluding hydrogens is 400 g/mol. The summed E-state index contributed by atoms with van der Waals surface area (Å²) < 4.78 is 5.01. The van der Waals surface area contributed by atoms with Crippen molar-refractivity contribution in [3.63, 3.8) is 0 Å². The van der Waals surface area contributed by atoms with Gasteiger partial charge in [-0.25, -0.2) is 0 Å². The Balaban J connectivity index is 1.39. The molecule has 0 atom stereocenters. The Labute approximate surface area is 181 Å². The fourth-order valence-electron chi connectivity index (χ4n) is 3.58. The topological polar surface area (TPSA) is 75.7 Å². The molecule has 0 aliphatic carbocycles. The van der Waals surface area contributed by atoms with E-state index in [1.165, 1.54) is 19.3 Å². The first-order chi connectivity index (χ1) is 14.4. The minimum atomic E-state index is -0.552. The number of aryl methyl sites for hydroxylation is 2. The van der Waals surface area contributed by atoms with Crippen LogP contribution in [0.25, 0.3) is 0 Å². The zero-order valence-corrected chi connectivity index (χ0v) is 18.3. The molecule has 1 aromatic carbocycles. The Bertz CT molecular complexity index is 898. The zero-order valence-electron chi connectivity index (χ0n) is 17.5. The third-order valence-electron chi connectivity index (χ3n) is 5.13. The summed E-state index contributed by atoms with van der Waals surface area (Å²) in [7, 11) is 0. The molecule has 2 aromatic rings. The van der Waals surface area contributed by atoms with Crippen LogP contribution in [0.4, 0.5) is 11.4 Å². The number of nitrogens with one attached hydrogen (secondary N) is 1. The van der Waals surface area contributed by atoms with E-state index in [2.05, 4.69) is 10.2 Å². The van der Waals surface area contributed by atoms with E-state index in [1.54, 1.807) is 11.3 Å². The molecule has 1 amide bonds. The largest absolute Gasteiger partial charge is 0.456 e. The Morgan fingerprint density at radius 3 is 2.37 bits per heavy atom. The number of nitrogens with zero attached hydrogens (tertiary/aromatic N) is 1. The molecule has 3 rings (SSSR count). The van der Waals surface area contributed by atoms with Gasteiger partial charge in [0.2, 0.25) is 0 Å². The van der Waals surface area contributed by atoms with Crippen molar-refractivity contribution in [2.45, 2.75) is 46.0 Å². The number of piperidine rings is 1. The van der Waals surface area contributed by atoms with Gasteiger partial charge in [0, 0.05) is 46.2 Å². The Morgan fingerprint density at radius 1 is 1.03 bits per heavy atom. The molecule has 0 radical (unpaired) electrons. The number of carbonyl (C=O) groups is 3. The molecule has 0 unspecified atom stereocenters. The number of anilines is 2. The highest BCUT2D eigenvalue weighted by Crippen LogP contribution is 2.23. The number of hydrogen-bond acceptors (Lipinski definition) is 6. The van der Waals surface area contributed by atoms with Crippen molar-refractivity contribution in [2.24, 2.45) is 0 Å². The van der Waals surface area contributed by atoms with Crippen LogP contribution in [0.5, 0.6) is 0 Å². The standard InChI is InChI=1S/C23H28N2O4S/c1-16-14-20(17(2)30-16)21(26)10-11-23(28)29-15-22(27)24-18-6-8-19(9-7-18)25-12-4-3-5-13-25/h6-9,14H,3-5,10-13,15H2,1-2H3,(H,24,27). The van der Waals surface area contributed by atoms with Gasteiger partial charge in [0.1, 0.15) is 0 Å². The van der Waals surface area contributed by atoms with Crippen LogP contribution in [0, 0.1) is 13.8 Å². The molecule has 2 heterocycles. The summed E-state index contributed by atoms with van der Waals surface area (Å²) in [6.07, 6.45) is 3.75. The van der Waals surface area contributed by atoms with Crippen molar-refractivity contribution in [1.82, 2.24) is 0 Å². The monoisotopic (exact) mass is 428 g/mol. The highest BCUT2D eigenvalue weighted by Gasteiger charge is 2.15. The highest BCUT2D eigenvalue weighted by molar-refractivity contribution is 7.12. The van der Waals surface area contributed by atoms with Gasteiger partial charge in [-0.2, -0.15) is 0 Å². The molecule has 7 heteroatoms. The van der Waals surface area contributed by atoms with Gasteiger partial charge in [0.25, 0.3) is 5.91 Å². The van der Waals surface area contributed by atoms with Gasteiger partial charge in [-0.1, -0.05) is 0 Å². The molecule has 6 nitrogen and oxygen atoms in total. The SMILES string of the molecule is Cc1cc(C(=O)CCC(=O)OCC(=O)Nc2ccc(N3CCCCC3)cc2)c(C)s1. The average molecular weight is 429 g/mol. The van der Waals surface area contributed by atoms with Crippen LogP contribution in [-0.2, 0) is 14.3 Å². The minimum Gasteiger partial charge on any atom is -0.456 e. The lowest BCUT2D eigenvalue weighted by atomic mass is 10.1. The smallest absolute Gasteiger partial charge is 0.306 e. The van der Waals surface area contributed by atoms with Crippen molar-refractivity contribution in [3.05, 3.63) is 45.6 Å². The number of rotatable bonds is 8. The summed E-state index contributed by atoms with van der Waals surface area (Å²) in [6, 6.07) is 9.54. The van der Waals surface area contributed by atoms with Crippen LogP contribution >= 0.6 is 11.3 Å². The van der Waals surface area contributed by atoms with E-state index in [4.69, 9.17) is 4.74 Å². The number of hydrogen-bond donors (Lipinski definition) is 1. The predicted octanol–water partition coefficient (Wildman–Crippen LogP) is 4.50. The summed E-state index contributed by atoms with van der Waals surface area (Å²) in [4.78, 5) is 40.5. The number of Topliss-reactive ketones (excluding diaryl/α,β-unsaturated/α-hetero) is 1. The number of ether oxygens (including phenoxy) is 1. The maximum atomic E-state index is 12.2. The minimum absolute atomic E-state index is 0.0367. The first-order valence-electron chi connectivity index (χ1n) is 10.3. The number of benzene rings is 1. The molecule has 0 saturated carbocycles. The second kappa shape index (κ2) is 10.4. The highest BCUT2D eigenvalue weighted by atomic mass is 32.1. The van der Waals surface area contributed by atoms with Gasteiger partial charge < -0.3 is 15.0 Å². The van der Waals surface area contributed by atoms with Crippen LogP contribution in [0.15, 0.2) is 30.3 Å². The maximum absolute atomic E-state index is 12.2. The maximum Gasteiger partial charge on any atom is 0.306 e. The van der Waals surface area contributed by atoms with Crippen molar-refractivity contribution >= 4 is 40.4 Å². The molecule has 1 aliphatic heterocycles. The summed E-state index contributed by atoms with van der Waals surface area (Å²) in [6.45, 7) is 5.61. The van der Waals surface area contributed by atoms with Crippen molar-refractivity contribution in [3.8, 4) is 0 Å². The van der Waals surface area contributed by atoms with Gasteiger partial charge in [0.15, 0.2) is 12.4 Å². The fraction of sp³-hybridized carbons (Fsp3) is 0.435. The Kier molecular flexibility index (Phi) is 7.63. The summed E-state index contributed by atoms with van der Waals surface area (Å²) in [5.74, 6) is -1.03. The van der Waals surface area contributed by atoms with Crippen LogP contribution in [-0.4, -0.2) is 37.4 Å². The lowest BCUT2D eigenvalue weighted by Crippen LogP contribution is -2.29. The van der Waals surface area contributed by atoms with Crippen molar-refractivity contribution in [2.75, 3.05) is 29.9 Å². The molecule has 1 aliphatic rings. The van der Waals surface area contributed by atoms with Gasteiger partial charge in [-0.3, -0.25) is 14.4 Å². The van der Waals surface area contributed by atoms with E-state index in [0.29, 0.717) is 11.3 Å². The number of ketones is 1. The van der Waals surface area contributed by atoms with E-state index >= 15 is 0 Å². The van der Waals surface area contributed by atoms with Gasteiger partial charge in [-0.05, 0) is 63.4 Å². The van der Waals surface area contributed by atoms with Crippen molar-refractivity contribution in [1.29, 1.82) is 0 Å². The van der Waals surface area contributed by atoms with Gasteiger partial charge in [0.05, 0.1) is 6.42 Å². The Hall–Kier alpha value is -2.67. The molecule has 1 saturated heterocycles. The quantitative estimate of drug-likeness (QED) is 0.495. The fourth-order valence-corrected chi connectivity index (χ4v) is 4.52. The van der Waals surface area contributed by atoms with Crippen LogP contribution in [0.3, 0.4) is 0 Å². The van der Waals surface area contributed by atoms with E-state index in [9.17, 15) is 14.4 Å². The van der Waals surface area contributed by atoms with Crippen LogP contribution < -0.4 is 10.2 Å².